The normalized spacial score (nSPS) is 23.7. The molecule has 2 rings (SSSR count). The summed E-state index contributed by atoms with van der Waals surface area (Å²) in [5.41, 5.74) is 1.15. The summed E-state index contributed by atoms with van der Waals surface area (Å²) in [5, 5.41) is 3.65. The maximum absolute atomic E-state index is 4.37. The van der Waals surface area contributed by atoms with Gasteiger partial charge in [0.15, 0.2) is 0 Å². The van der Waals surface area contributed by atoms with Crippen molar-refractivity contribution in [1.82, 2.24) is 10.3 Å². The zero-order chi connectivity index (χ0) is 10.5. The van der Waals surface area contributed by atoms with Crippen molar-refractivity contribution in [1.29, 1.82) is 0 Å². The number of rotatable bonds is 3. The van der Waals surface area contributed by atoms with Crippen molar-refractivity contribution < 1.29 is 0 Å². The van der Waals surface area contributed by atoms with E-state index < -0.39 is 0 Å². The number of pyridine rings is 1. The van der Waals surface area contributed by atoms with Crippen LogP contribution in [-0.4, -0.2) is 22.5 Å². The summed E-state index contributed by atoms with van der Waals surface area (Å²) < 4.78 is 0. The molecule has 0 amide bonds. The van der Waals surface area contributed by atoms with Crippen LogP contribution in [0.15, 0.2) is 24.4 Å². The Balaban J connectivity index is 1.88. The zero-order valence-corrected chi connectivity index (χ0v) is 9.96. The van der Waals surface area contributed by atoms with Gasteiger partial charge in [-0.1, -0.05) is 6.07 Å². The molecule has 0 aromatic carbocycles. The molecule has 1 N–H and O–H groups in total. The Morgan fingerprint density at radius 1 is 1.53 bits per heavy atom. The second kappa shape index (κ2) is 5.52. The highest BCUT2D eigenvalue weighted by atomic mass is 32.2. The fraction of sp³-hybridized carbons (Fsp3) is 0.583. The number of thioether (sulfide) groups is 1. The van der Waals surface area contributed by atoms with E-state index in [1.165, 1.54) is 24.3 Å². The summed E-state index contributed by atoms with van der Waals surface area (Å²) in [6.45, 7) is 2.20. The first-order valence-electron chi connectivity index (χ1n) is 5.61. The first kappa shape index (κ1) is 11.0. The van der Waals surface area contributed by atoms with Gasteiger partial charge in [-0.15, -0.1) is 0 Å². The first-order valence-corrected chi connectivity index (χ1v) is 6.76. The minimum atomic E-state index is 0.370. The van der Waals surface area contributed by atoms with Crippen LogP contribution in [0.3, 0.4) is 0 Å². The van der Waals surface area contributed by atoms with Crippen molar-refractivity contribution in [2.24, 2.45) is 0 Å². The van der Waals surface area contributed by atoms with E-state index in [4.69, 9.17) is 0 Å². The predicted molar refractivity (Wildman–Crippen MR) is 66.1 cm³/mol. The Hall–Kier alpha value is -0.540. The van der Waals surface area contributed by atoms with Gasteiger partial charge in [-0.3, -0.25) is 4.98 Å². The Morgan fingerprint density at radius 2 is 2.47 bits per heavy atom. The first-order chi connectivity index (χ1) is 7.36. The number of nitrogens with one attached hydrogen (secondary N) is 1. The van der Waals surface area contributed by atoms with Gasteiger partial charge in [-0.2, -0.15) is 11.8 Å². The molecular weight excluding hydrogens is 204 g/mol. The molecule has 2 heterocycles. The third-order valence-corrected chi connectivity index (χ3v) is 3.99. The van der Waals surface area contributed by atoms with Crippen LogP contribution in [-0.2, 0) is 0 Å². The van der Waals surface area contributed by atoms with E-state index >= 15 is 0 Å². The van der Waals surface area contributed by atoms with Crippen molar-refractivity contribution in [3.05, 3.63) is 30.1 Å². The van der Waals surface area contributed by atoms with Gasteiger partial charge in [0.1, 0.15) is 0 Å². The Kier molecular flexibility index (Phi) is 4.03. The minimum absolute atomic E-state index is 0.370. The lowest BCUT2D eigenvalue weighted by molar-refractivity contribution is 0.447. The smallest absolute Gasteiger partial charge is 0.0570 e. The monoisotopic (exact) mass is 222 g/mol. The Labute approximate surface area is 95.9 Å². The average molecular weight is 222 g/mol. The van der Waals surface area contributed by atoms with Crippen molar-refractivity contribution in [2.75, 3.05) is 11.5 Å². The maximum atomic E-state index is 4.37. The van der Waals surface area contributed by atoms with Crippen LogP contribution in [0.4, 0.5) is 0 Å². The van der Waals surface area contributed by atoms with Gasteiger partial charge in [0.05, 0.1) is 5.69 Å². The molecular formula is C12H18N2S. The summed E-state index contributed by atoms with van der Waals surface area (Å²) in [6.07, 6.45) is 4.52. The van der Waals surface area contributed by atoms with E-state index in [1.807, 2.05) is 12.3 Å². The number of hydrogen-bond donors (Lipinski definition) is 1. The van der Waals surface area contributed by atoms with E-state index in [1.54, 1.807) is 0 Å². The van der Waals surface area contributed by atoms with Crippen LogP contribution in [0.25, 0.3) is 0 Å². The second-order valence-electron chi connectivity index (χ2n) is 4.06. The number of aromatic nitrogens is 1. The molecule has 0 bridgehead atoms. The van der Waals surface area contributed by atoms with Crippen LogP contribution < -0.4 is 5.32 Å². The van der Waals surface area contributed by atoms with Crippen molar-refractivity contribution in [3.8, 4) is 0 Å². The SMILES string of the molecule is C[C@@H](N[C@H]1CCCSC1)c1ccccn1. The van der Waals surface area contributed by atoms with Gasteiger partial charge in [-0.25, -0.2) is 0 Å². The zero-order valence-electron chi connectivity index (χ0n) is 9.15. The van der Waals surface area contributed by atoms with E-state index in [0.717, 1.165) is 5.69 Å². The third-order valence-electron chi connectivity index (χ3n) is 2.78. The lowest BCUT2D eigenvalue weighted by Gasteiger charge is -2.26. The van der Waals surface area contributed by atoms with E-state index in [-0.39, 0.29) is 0 Å². The molecule has 1 fully saturated rings. The molecule has 0 radical (unpaired) electrons. The van der Waals surface area contributed by atoms with Gasteiger partial charge in [0.25, 0.3) is 0 Å². The highest BCUT2D eigenvalue weighted by Crippen LogP contribution is 2.19. The van der Waals surface area contributed by atoms with Crippen molar-refractivity contribution >= 4 is 11.8 Å². The lowest BCUT2D eigenvalue weighted by Crippen LogP contribution is -2.35. The van der Waals surface area contributed by atoms with Crippen molar-refractivity contribution in [2.45, 2.75) is 31.8 Å². The second-order valence-corrected chi connectivity index (χ2v) is 5.21. The summed E-state index contributed by atoms with van der Waals surface area (Å²) in [5.74, 6) is 2.58. The molecule has 2 nitrogen and oxygen atoms in total. The van der Waals surface area contributed by atoms with Crippen molar-refractivity contribution in [3.63, 3.8) is 0 Å². The highest BCUT2D eigenvalue weighted by molar-refractivity contribution is 7.99. The summed E-state index contributed by atoms with van der Waals surface area (Å²) in [6, 6.07) is 7.15. The largest absolute Gasteiger partial charge is 0.305 e. The van der Waals surface area contributed by atoms with E-state index in [2.05, 4.69) is 41.1 Å². The quantitative estimate of drug-likeness (QED) is 0.851. The summed E-state index contributed by atoms with van der Waals surface area (Å²) in [4.78, 5) is 4.37. The Bertz CT molecular complexity index is 283. The predicted octanol–water partition coefficient (Wildman–Crippen LogP) is 2.63. The fourth-order valence-electron chi connectivity index (χ4n) is 1.94. The molecule has 1 aromatic heterocycles. The van der Waals surface area contributed by atoms with Crippen LogP contribution in [0.5, 0.6) is 0 Å². The molecule has 0 unspecified atom stereocenters. The molecule has 0 aliphatic carbocycles. The molecule has 1 aliphatic rings. The standard InChI is InChI=1S/C12H18N2S/c1-10(12-6-2-3-7-13-12)14-11-5-4-8-15-9-11/h2-3,6-7,10-11,14H,4-5,8-9H2,1H3/t10-,11+/m1/s1. The molecule has 1 saturated heterocycles. The van der Waals surface area contributed by atoms with Gasteiger partial charge >= 0.3 is 0 Å². The summed E-state index contributed by atoms with van der Waals surface area (Å²) in [7, 11) is 0. The number of hydrogen-bond acceptors (Lipinski definition) is 3. The molecule has 0 saturated carbocycles. The van der Waals surface area contributed by atoms with Gasteiger partial charge in [-0.05, 0) is 37.7 Å². The van der Waals surface area contributed by atoms with Gasteiger partial charge in [0, 0.05) is 24.0 Å². The molecule has 1 aliphatic heterocycles. The van der Waals surface area contributed by atoms with Crippen LogP contribution in [0.1, 0.15) is 31.5 Å². The minimum Gasteiger partial charge on any atom is -0.305 e. The van der Waals surface area contributed by atoms with Crippen LogP contribution in [0, 0.1) is 0 Å². The van der Waals surface area contributed by atoms with Gasteiger partial charge < -0.3 is 5.32 Å². The third kappa shape index (κ3) is 3.21. The topological polar surface area (TPSA) is 24.9 Å². The molecule has 3 heteroatoms. The molecule has 2 atom stereocenters. The summed E-state index contributed by atoms with van der Waals surface area (Å²) >= 11 is 2.06. The maximum Gasteiger partial charge on any atom is 0.0570 e. The van der Waals surface area contributed by atoms with E-state index in [9.17, 15) is 0 Å². The molecule has 1 aromatic rings. The average Bonchev–Trinajstić information content (AvgIpc) is 2.31. The van der Waals surface area contributed by atoms with Crippen LogP contribution in [0.2, 0.25) is 0 Å². The molecule has 82 valence electrons. The van der Waals surface area contributed by atoms with Gasteiger partial charge in [0.2, 0.25) is 0 Å². The Morgan fingerprint density at radius 3 is 3.13 bits per heavy atom. The molecule has 0 spiro atoms. The number of nitrogens with zero attached hydrogens (tertiary/aromatic N) is 1. The van der Waals surface area contributed by atoms with Crippen LogP contribution >= 0.6 is 11.8 Å². The fourth-order valence-corrected chi connectivity index (χ4v) is 3.03. The van der Waals surface area contributed by atoms with E-state index in [0.29, 0.717) is 12.1 Å². The molecule has 15 heavy (non-hydrogen) atoms. The lowest BCUT2D eigenvalue weighted by atomic mass is 10.1. The highest BCUT2D eigenvalue weighted by Gasteiger charge is 2.16.